The van der Waals surface area contributed by atoms with Crippen LogP contribution < -0.4 is 5.32 Å². The van der Waals surface area contributed by atoms with Crippen LogP contribution in [0.3, 0.4) is 0 Å². The number of hydrogen-bond acceptors (Lipinski definition) is 4. The first-order valence-corrected chi connectivity index (χ1v) is 9.12. The van der Waals surface area contributed by atoms with E-state index in [2.05, 4.69) is 15.3 Å². The number of nitrogens with one attached hydrogen (secondary N) is 1. The number of pyridine rings is 2. The van der Waals surface area contributed by atoms with Crippen molar-refractivity contribution in [1.82, 2.24) is 9.97 Å². The first kappa shape index (κ1) is 19.4. The van der Waals surface area contributed by atoms with E-state index in [1.807, 2.05) is 37.3 Å². The van der Waals surface area contributed by atoms with Crippen LogP contribution in [0.15, 0.2) is 47.6 Å². The number of hydrogen-bond donors (Lipinski definition) is 1. The molecule has 4 nitrogen and oxygen atoms in total. The van der Waals surface area contributed by atoms with Gasteiger partial charge in [-0.15, -0.1) is 0 Å². The summed E-state index contributed by atoms with van der Waals surface area (Å²) in [5.74, 6) is -0.538. The summed E-state index contributed by atoms with van der Waals surface area (Å²) in [6, 6.07) is 10.3. The number of carbonyl (C=O) groups is 1. The fourth-order valence-corrected chi connectivity index (χ4v) is 3.37. The van der Waals surface area contributed by atoms with Gasteiger partial charge in [0.25, 0.3) is 0 Å². The quantitative estimate of drug-likeness (QED) is 0.589. The first-order chi connectivity index (χ1) is 12.7. The van der Waals surface area contributed by atoms with E-state index in [0.29, 0.717) is 11.2 Å². The van der Waals surface area contributed by atoms with Crippen molar-refractivity contribution in [2.45, 2.75) is 18.1 Å². The maximum absolute atomic E-state index is 12.6. The number of alkyl halides is 3. The lowest BCUT2D eigenvalue weighted by atomic mass is 10.1. The van der Waals surface area contributed by atoms with Gasteiger partial charge in [-0.1, -0.05) is 41.6 Å². The van der Waals surface area contributed by atoms with Gasteiger partial charge in [-0.2, -0.15) is 13.2 Å². The number of aryl methyl sites for hydroxylation is 1. The molecule has 0 saturated carbocycles. The predicted molar refractivity (Wildman–Crippen MR) is 100 cm³/mol. The van der Waals surface area contributed by atoms with E-state index in [4.69, 9.17) is 11.6 Å². The lowest BCUT2D eigenvalue weighted by Crippen LogP contribution is -2.16. The highest BCUT2D eigenvalue weighted by Gasteiger charge is 2.31. The van der Waals surface area contributed by atoms with Gasteiger partial charge < -0.3 is 5.32 Å². The highest BCUT2D eigenvalue weighted by Crippen LogP contribution is 2.32. The van der Waals surface area contributed by atoms with E-state index in [-0.39, 0.29) is 16.6 Å². The zero-order valence-corrected chi connectivity index (χ0v) is 15.5. The zero-order chi connectivity index (χ0) is 19.6. The number of para-hydroxylation sites is 1. The molecule has 0 spiro atoms. The van der Waals surface area contributed by atoms with Crippen LogP contribution in [0.2, 0.25) is 5.02 Å². The highest BCUT2D eigenvalue weighted by atomic mass is 35.5. The molecule has 0 bridgehead atoms. The molecule has 0 atom stereocenters. The second-order valence-corrected chi connectivity index (χ2v) is 7.09. The summed E-state index contributed by atoms with van der Waals surface area (Å²) in [7, 11) is 0. The molecule has 1 aromatic carbocycles. The molecule has 0 fully saturated rings. The Bertz CT molecular complexity index is 1010. The van der Waals surface area contributed by atoms with Gasteiger partial charge in [0.05, 0.1) is 26.9 Å². The number of nitrogens with zero attached hydrogens (tertiary/aromatic N) is 2. The van der Waals surface area contributed by atoms with Gasteiger partial charge in [-0.05, 0) is 30.7 Å². The SMILES string of the molecule is Cc1cc(SCC(=O)Nc2ncc(C(F)(F)F)cc2Cl)nc2ccccc12. The summed E-state index contributed by atoms with van der Waals surface area (Å²) in [4.78, 5) is 20.2. The van der Waals surface area contributed by atoms with Crippen molar-refractivity contribution >= 4 is 46.0 Å². The van der Waals surface area contributed by atoms with E-state index >= 15 is 0 Å². The van der Waals surface area contributed by atoms with Crippen molar-refractivity contribution in [3.63, 3.8) is 0 Å². The highest BCUT2D eigenvalue weighted by molar-refractivity contribution is 7.99. The lowest BCUT2D eigenvalue weighted by molar-refractivity contribution is -0.137. The summed E-state index contributed by atoms with van der Waals surface area (Å²) in [6.07, 6.45) is -3.92. The number of halogens is 4. The van der Waals surface area contributed by atoms with E-state index in [0.717, 1.165) is 22.5 Å². The second-order valence-electron chi connectivity index (χ2n) is 5.68. The molecular weight excluding hydrogens is 399 g/mol. The van der Waals surface area contributed by atoms with Gasteiger partial charge in [0.2, 0.25) is 5.91 Å². The van der Waals surface area contributed by atoms with Crippen molar-refractivity contribution < 1.29 is 18.0 Å². The van der Waals surface area contributed by atoms with Crippen molar-refractivity contribution in [3.8, 4) is 0 Å². The molecule has 27 heavy (non-hydrogen) atoms. The van der Waals surface area contributed by atoms with E-state index in [1.165, 1.54) is 11.8 Å². The minimum absolute atomic E-state index is 0.0177. The number of aromatic nitrogens is 2. The number of thioether (sulfide) groups is 1. The van der Waals surface area contributed by atoms with Crippen LogP contribution in [-0.4, -0.2) is 21.6 Å². The van der Waals surface area contributed by atoms with Crippen LogP contribution in [0, 0.1) is 6.92 Å². The largest absolute Gasteiger partial charge is 0.417 e. The standard InChI is InChI=1S/C18H13ClF3N3OS/c1-10-6-16(24-14-5-3-2-4-12(10)14)27-9-15(26)25-17-13(19)7-11(8-23-17)18(20,21)22/h2-8H,9H2,1H3,(H,23,25,26). The third-order valence-electron chi connectivity index (χ3n) is 3.68. The fraction of sp³-hybridized carbons (Fsp3) is 0.167. The summed E-state index contributed by atoms with van der Waals surface area (Å²) in [6.45, 7) is 1.96. The molecule has 0 radical (unpaired) electrons. The predicted octanol–water partition coefficient (Wildman–Crippen LogP) is 5.34. The summed E-state index contributed by atoms with van der Waals surface area (Å²) in [5, 5.41) is 3.85. The third kappa shape index (κ3) is 4.70. The Morgan fingerprint density at radius 3 is 2.70 bits per heavy atom. The summed E-state index contributed by atoms with van der Waals surface area (Å²) < 4.78 is 37.9. The van der Waals surface area contributed by atoms with E-state index < -0.39 is 17.6 Å². The van der Waals surface area contributed by atoms with Crippen LogP contribution in [0.4, 0.5) is 19.0 Å². The topological polar surface area (TPSA) is 54.9 Å². The minimum Gasteiger partial charge on any atom is -0.309 e. The van der Waals surface area contributed by atoms with Gasteiger partial charge in [0, 0.05) is 11.6 Å². The Morgan fingerprint density at radius 1 is 1.26 bits per heavy atom. The smallest absolute Gasteiger partial charge is 0.309 e. The van der Waals surface area contributed by atoms with Crippen LogP contribution in [-0.2, 0) is 11.0 Å². The van der Waals surface area contributed by atoms with Crippen LogP contribution >= 0.6 is 23.4 Å². The van der Waals surface area contributed by atoms with Gasteiger partial charge >= 0.3 is 6.18 Å². The molecule has 2 heterocycles. The molecule has 0 aliphatic rings. The van der Waals surface area contributed by atoms with Crippen molar-refractivity contribution in [1.29, 1.82) is 0 Å². The van der Waals surface area contributed by atoms with Crippen LogP contribution in [0.25, 0.3) is 10.9 Å². The Balaban J connectivity index is 1.67. The summed E-state index contributed by atoms with van der Waals surface area (Å²) in [5.41, 5.74) is 0.888. The number of anilines is 1. The molecule has 0 aliphatic carbocycles. The van der Waals surface area contributed by atoms with Gasteiger partial charge in [0.1, 0.15) is 0 Å². The number of amides is 1. The molecule has 1 amide bonds. The van der Waals surface area contributed by atoms with Crippen LogP contribution in [0.5, 0.6) is 0 Å². The zero-order valence-electron chi connectivity index (χ0n) is 14.0. The Hall–Kier alpha value is -2.32. The number of rotatable bonds is 4. The Morgan fingerprint density at radius 2 is 2.00 bits per heavy atom. The average Bonchev–Trinajstić information content (AvgIpc) is 2.61. The maximum atomic E-state index is 12.6. The molecule has 1 N–H and O–H groups in total. The number of benzene rings is 1. The molecule has 140 valence electrons. The van der Waals surface area contributed by atoms with Gasteiger partial charge in [-0.25, -0.2) is 9.97 Å². The molecule has 3 aromatic rings. The average molecular weight is 412 g/mol. The number of carbonyl (C=O) groups excluding carboxylic acids is 1. The normalized spacial score (nSPS) is 11.6. The van der Waals surface area contributed by atoms with Gasteiger partial charge in [-0.3, -0.25) is 4.79 Å². The maximum Gasteiger partial charge on any atom is 0.417 e. The molecule has 0 saturated heterocycles. The molecule has 0 unspecified atom stereocenters. The van der Waals surface area contributed by atoms with Crippen molar-refractivity contribution in [2.24, 2.45) is 0 Å². The van der Waals surface area contributed by atoms with Crippen molar-refractivity contribution in [2.75, 3.05) is 11.1 Å². The first-order valence-electron chi connectivity index (χ1n) is 7.76. The second kappa shape index (κ2) is 7.74. The fourth-order valence-electron chi connectivity index (χ4n) is 2.39. The van der Waals surface area contributed by atoms with E-state index in [9.17, 15) is 18.0 Å². The van der Waals surface area contributed by atoms with Gasteiger partial charge in [0.15, 0.2) is 5.82 Å². The molecule has 0 aliphatic heterocycles. The van der Waals surface area contributed by atoms with Crippen molar-refractivity contribution in [3.05, 3.63) is 58.7 Å². The monoisotopic (exact) mass is 411 g/mol. The molecule has 2 aromatic heterocycles. The molecule has 3 rings (SSSR count). The van der Waals surface area contributed by atoms with Crippen LogP contribution in [0.1, 0.15) is 11.1 Å². The Kier molecular flexibility index (Phi) is 5.57. The molecule has 9 heteroatoms. The summed E-state index contributed by atoms with van der Waals surface area (Å²) >= 11 is 7.00. The lowest BCUT2D eigenvalue weighted by Gasteiger charge is -2.10. The number of fused-ring (bicyclic) bond motifs is 1. The van der Waals surface area contributed by atoms with E-state index in [1.54, 1.807) is 0 Å². The molecular formula is C18H13ClF3N3OS. The Labute approximate surface area is 162 Å². The minimum atomic E-state index is -4.55. The third-order valence-corrected chi connectivity index (χ3v) is 4.88.